The van der Waals surface area contributed by atoms with E-state index in [1.54, 1.807) is 0 Å². The van der Waals surface area contributed by atoms with E-state index in [1.807, 2.05) is 24.3 Å². The lowest BCUT2D eigenvalue weighted by atomic mass is 10.0. The number of para-hydroxylation sites is 1. The molecule has 0 spiro atoms. The minimum atomic E-state index is -0.176. The van der Waals surface area contributed by atoms with Crippen molar-refractivity contribution in [2.45, 2.75) is 6.04 Å². The summed E-state index contributed by atoms with van der Waals surface area (Å²) in [6, 6.07) is 44.8. The van der Waals surface area contributed by atoms with E-state index in [-0.39, 0.29) is 6.04 Å². The Labute approximate surface area is 229 Å². The maximum Gasteiger partial charge on any atom is 0.209 e. The molecule has 0 amide bonds. The van der Waals surface area contributed by atoms with Crippen LogP contribution < -0.4 is 5.32 Å². The molecule has 0 bridgehead atoms. The van der Waals surface area contributed by atoms with Gasteiger partial charge >= 0.3 is 0 Å². The molecule has 1 atom stereocenters. The molecule has 0 radical (unpaired) electrons. The fraction of sp³-hybridized carbons (Fsp3) is 0.0278. The molecular formula is C36H23N3O. The van der Waals surface area contributed by atoms with E-state index >= 15 is 0 Å². The first kappa shape index (κ1) is 21.6. The zero-order valence-corrected chi connectivity index (χ0v) is 21.5. The van der Waals surface area contributed by atoms with Crippen LogP contribution in [0.15, 0.2) is 137 Å². The molecule has 6 aromatic carbocycles. The third-order valence-corrected chi connectivity index (χ3v) is 8.19. The van der Waals surface area contributed by atoms with Crippen molar-refractivity contribution >= 4 is 66.0 Å². The molecule has 1 unspecified atom stereocenters. The number of hydrogen-bond acceptors (Lipinski definition) is 3. The van der Waals surface area contributed by atoms with Gasteiger partial charge in [0.2, 0.25) is 5.96 Å². The van der Waals surface area contributed by atoms with Crippen LogP contribution in [0.1, 0.15) is 17.4 Å². The summed E-state index contributed by atoms with van der Waals surface area (Å²) in [7, 11) is 0. The number of nitrogens with zero attached hydrogens (tertiary/aromatic N) is 2. The lowest BCUT2D eigenvalue weighted by Gasteiger charge is -2.25. The van der Waals surface area contributed by atoms with E-state index in [4.69, 9.17) is 9.41 Å². The van der Waals surface area contributed by atoms with E-state index < -0.39 is 0 Å². The third-order valence-electron chi connectivity index (χ3n) is 8.19. The molecule has 4 nitrogen and oxygen atoms in total. The number of rotatable bonds is 1. The van der Waals surface area contributed by atoms with Crippen molar-refractivity contribution in [2.24, 2.45) is 4.99 Å². The largest absolute Gasteiger partial charge is 0.456 e. The summed E-state index contributed by atoms with van der Waals surface area (Å²) in [5.41, 5.74) is 5.11. The van der Waals surface area contributed by atoms with Crippen LogP contribution in [-0.2, 0) is 0 Å². The topological polar surface area (TPSA) is 42.5 Å². The monoisotopic (exact) mass is 513 g/mol. The minimum Gasteiger partial charge on any atom is -0.456 e. The smallest absolute Gasteiger partial charge is 0.209 e. The number of hydrogen-bond donors (Lipinski definition) is 1. The highest BCUT2D eigenvalue weighted by Gasteiger charge is 2.31. The molecule has 1 aliphatic rings. The number of nitrogens with one attached hydrogen (secondary N) is 1. The Morgan fingerprint density at radius 3 is 1.77 bits per heavy atom. The average Bonchev–Trinajstić information content (AvgIpc) is 3.53. The molecule has 9 rings (SSSR count). The zero-order valence-electron chi connectivity index (χ0n) is 21.5. The lowest BCUT2D eigenvalue weighted by Crippen LogP contribution is -2.36. The van der Waals surface area contributed by atoms with E-state index in [1.165, 1.54) is 32.3 Å². The summed E-state index contributed by atoms with van der Waals surface area (Å²) in [5, 5.41) is 12.1. The first-order chi connectivity index (χ1) is 19.8. The average molecular weight is 514 g/mol. The first-order valence-electron chi connectivity index (χ1n) is 13.6. The van der Waals surface area contributed by atoms with Crippen LogP contribution in [0.5, 0.6) is 0 Å². The number of aliphatic imine (C=N–C) groups is 1. The Morgan fingerprint density at radius 2 is 1.12 bits per heavy atom. The van der Waals surface area contributed by atoms with Gasteiger partial charge in [0.15, 0.2) is 5.76 Å². The van der Waals surface area contributed by atoms with E-state index in [9.17, 15) is 0 Å². The highest BCUT2D eigenvalue weighted by molar-refractivity contribution is 6.20. The molecule has 0 fully saturated rings. The van der Waals surface area contributed by atoms with Crippen molar-refractivity contribution in [1.82, 2.24) is 9.88 Å². The van der Waals surface area contributed by atoms with Crippen LogP contribution in [0.2, 0.25) is 0 Å². The SMILES string of the molecule is c1ccc(C2NC(n3c4cc5ccccc5cc4c4cc5ccccc5cc43)=Nc3c2oc2ccccc32)cc1. The fourth-order valence-corrected chi connectivity index (χ4v) is 6.31. The second kappa shape index (κ2) is 8.08. The number of benzene rings is 6. The number of aromatic nitrogens is 1. The van der Waals surface area contributed by atoms with Gasteiger partial charge in [-0.05, 0) is 63.5 Å². The summed E-state index contributed by atoms with van der Waals surface area (Å²) >= 11 is 0. The summed E-state index contributed by atoms with van der Waals surface area (Å²) < 4.78 is 8.73. The van der Waals surface area contributed by atoms with E-state index in [0.717, 1.165) is 45.0 Å². The minimum absolute atomic E-state index is 0.176. The first-order valence-corrected chi connectivity index (χ1v) is 13.6. The van der Waals surface area contributed by atoms with Crippen molar-refractivity contribution in [3.63, 3.8) is 0 Å². The van der Waals surface area contributed by atoms with Gasteiger partial charge in [0.1, 0.15) is 17.3 Å². The predicted molar refractivity (Wildman–Crippen MR) is 165 cm³/mol. The maximum atomic E-state index is 6.43. The summed E-state index contributed by atoms with van der Waals surface area (Å²) in [4.78, 5) is 5.29. The van der Waals surface area contributed by atoms with Crippen LogP contribution in [0.25, 0.3) is 54.3 Å². The Bertz CT molecular complexity index is 2210. The lowest BCUT2D eigenvalue weighted by molar-refractivity contribution is 0.501. The molecule has 2 aromatic heterocycles. The van der Waals surface area contributed by atoms with Crippen LogP contribution in [0.3, 0.4) is 0 Å². The van der Waals surface area contributed by atoms with Crippen molar-refractivity contribution in [1.29, 1.82) is 0 Å². The van der Waals surface area contributed by atoms with Gasteiger partial charge in [-0.2, -0.15) is 0 Å². The summed E-state index contributed by atoms with van der Waals surface area (Å²) in [6.07, 6.45) is 0. The van der Waals surface area contributed by atoms with Crippen LogP contribution in [0, 0.1) is 0 Å². The Balaban J connectivity index is 1.40. The number of furan rings is 1. The van der Waals surface area contributed by atoms with Gasteiger partial charge in [0.05, 0.1) is 11.0 Å². The highest BCUT2D eigenvalue weighted by Crippen LogP contribution is 2.43. The fourth-order valence-electron chi connectivity index (χ4n) is 6.31. The molecule has 4 heteroatoms. The van der Waals surface area contributed by atoms with Gasteiger partial charge in [0.25, 0.3) is 0 Å². The van der Waals surface area contributed by atoms with Gasteiger partial charge < -0.3 is 9.73 Å². The van der Waals surface area contributed by atoms with Gasteiger partial charge in [-0.15, -0.1) is 0 Å². The molecule has 0 saturated carbocycles. The Hall–Kier alpha value is -5.35. The molecule has 0 saturated heterocycles. The third kappa shape index (κ3) is 3.04. The Morgan fingerprint density at radius 1 is 0.575 bits per heavy atom. The molecule has 8 aromatic rings. The molecule has 1 aliphatic heterocycles. The van der Waals surface area contributed by atoms with Gasteiger partial charge in [-0.25, -0.2) is 4.99 Å². The zero-order chi connectivity index (χ0) is 26.2. The molecule has 3 heterocycles. The molecule has 1 N–H and O–H groups in total. The van der Waals surface area contributed by atoms with Gasteiger partial charge in [-0.3, -0.25) is 4.57 Å². The summed E-state index contributed by atoms with van der Waals surface area (Å²) in [6.45, 7) is 0. The normalized spacial score (nSPS) is 15.1. The number of fused-ring (bicyclic) bond motifs is 8. The van der Waals surface area contributed by atoms with Gasteiger partial charge in [0, 0.05) is 16.2 Å². The summed E-state index contributed by atoms with van der Waals surface area (Å²) in [5.74, 6) is 1.63. The van der Waals surface area contributed by atoms with Crippen molar-refractivity contribution in [3.8, 4) is 0 Å². The van der Waals surface area contributed by atoms with Crippen molar-refractivity contribution in [2.75, 3.05) is 0 Å². The second-order valence-corrected chi connectivity index (χ2v) is 10.5. The van der Waals surface area contributed by atoms with Crippen molar-refractivity contribution < 1.29 is 4.42 Å². The molecule has 40 heavy (non-hydrogen) atoms. The van der Waals surface area contributed by atoms with E-state index in [2.05, 4.69) is 113 Å². The predicted octanol–water partition coefficient (Wildman–Crippen LogP) is 9.08. The van der Waals surface area contributed by atoms with Crippen LogP contribution in [-0.4, -0.2) is 10.5 Å². The van der Waals surface area contributed by atoms with E-state index in [0.29, 0.717) is 0 Å². The van der Waals surface area contributed by atoms with Crippen molar-refractivity contribution in [3.05, 3.63) is 139 Å². The van der Waals surface area contributed by atoms with Crippen LogP contribution >= 0.6 is 0 Å². The quantitative estimate of drug-likeness (QED) is 0.238. The molecular weight excluding hydrogens is 490 g/mol. The molecule has 0 aliphatic carbocycles. The maximum absolute atomic E-state index is 6.43. The highest BCUT2D eigenvalue weighted by atomic mass is 16.3. The Kier molecular flexibility index (Phi) is 4.35. The molecule has 188 valence electrons. The van der Waals surface area contributed by atoms with Gasteiger partial charge in [-0.1, -0.05) is 91.0 Å². The van der Waals surface area contributed by atoms with Crippen LogP contribution in [0.4, 0.5) is 5.69 Å². The standard InChI is InChI=1S/C36H23N3O/c1-2-10-22(11-3-1)33-35-34(27-16-8-9-17-32(27)40-35)38-36(37-33)39-30-20-25-14-6-4-12-23(25)18-28(30)29-19-24-13-5-7-15-26(24)21-31(29)39/h1-21,33H,(H,37,38). The second-order valence-electron chi connectivity index (χ2n) is 10.5.